The summed E-state index contributed by atoms with van der Waals surface area (Å²) in [6.45, 7) is 1.48. The van der Waals surface area contributed by atoms with Gasteiger partial charge in [-0.3, -0.25) is 9.59 Å². The fraction of sp³-hybridized carbons (Fsp3) is 0.160. The first-order valence-corrected chi connectivity index (χ1v) is 9.96. The zero-order chi connectivity index (χ0) is 22.1. The SMILES string of the molecule is CC(=O)c1ccc2nc(-c3ccc(CC(=O)c4ccc(N(C)C)cc4)cc3)n(O)c2c1. The van der Waals surface area contributed by atoms with Gasteiger partial charge in [-0.05, 0) is 55.0 Å². The molecule has 4 rings (SSSR count). The van der Waals surface area contributed by atoms with Crippen molar-refractivity contribution in [2.24, 2.45) is 0 Å². The molecule has 4 aromatic rings. The summed E-state index contributed by atoms with van der Waals surface area (Å²) in [7, 11) is 3.92. The second-order valence-corrected chi connectivity index (χ2v) is 7.75. The number of benzene rings is 3. The summed E-state index contributed by atoms with van der Waals surface area (Å²) in [5, 5.41) is 10.6. The standard InChI is InChI=1S/C25H23N3O3/c1-16(29)20-10-13-22-23(15-20)28(31)25(26-22)19-6-4-17(5-7-19)14-24(30)18-8-11-21(12-9-18)27(2)3/h4-13,15,31H,14H2,1-3H3. The number of rotatable bonds is 6. The molecular weight excluding hydrogens is 390 g/mol. The van der Waals surface area contributed by atoms with Crippen molar-refractivity contribution in [3.05, 3.63) is 83.4 Å². The van der Waals surface area contributed by atoms with Crippen molar-refractivity contribution in [1.82, 2.24) is 9.71 Å². The predicted octanol–water partition coefficient (Wildman–Crippen LogP) is 4.63. The number of aromatic nitrogens is 2. The Kier molecular flexibility index (Phi) is 5.29. The monoisotopic (exact) mass is 413 g/mol. The van der Waals surface area contributed by atoms with Crippen LogP contribution in [0.1, 0.15) is 33.2 Å². The number of ketones is 2. The lowest BCUT2D eigenvalue weighted by Crippen LogP contribution is -2.09. The zero-order valence-corrected chi connectivity index (χ0v) is 17.7. The number of imidazole rings is 1. The molecule has 0 spiro atoms. The van der Waals surface area contributed by atoms with Crippen LogP contribution in [0.5, 0.6) is 0 Å². The summed E-state index contributed by atoms with van der Waals surface area (Å²) in [5.74, 6) is 0.354. The van der Waals surface area contributed by atoms with Gasteiger partial charge in [0, 0.05) is 42.9 Å². The molecule has 0 unspecified atom stereocenters. The Hall–Kier alpha value is -3.93. The molecule has 0 saturated carbocycles. The zero-order valence-electron chi connectivity index (χ0n) is 17.7. The Morgan fingerprint density at radius 3 is 2.19 bits per heavy atom. The van der Waals surface area contributed by atoms with Crippen LogP contribution < -0.4 is 4.90 Å². The molecule has 6 heteroatoms. The molecule has 1 aromatic heterocycles. The fourth-order valence-electron chi connectivity index (χ4n) is 3.47. The van der Waals surface area contributed by atoms with Crippen molar-refractivity contribution in [1.29, 1.82) is 0 Å². The highest BCUT2D eigenvalue weighted by atomic mass is 16.5. The van der Waals surface area contributed by atoms with Crippen molar-refractivity contribution in [2.75, 3.05) is 19.0 Å². The van der Waals surface area contributed by atoms with Crippen LogP contribution in [0.4, 0.5) is 5.69 Å². The third kappa shape index (κ3) is 4.05. The van der Waals surface area contributed by atoms with E-state index >= 15 is 0 Å². The van der Waals surface area contributed by atoms with E-state index in [1.54, 1.807) is 18.2 Å². The van der Waals surface area contributed by atoms with E-state index in [-0.39, 0.29) is 11.6 Å². The van der Waals surface area contributed by atoms with E-state index in [9.17, 15) is 14.8 Å². The Balaban J connectivity index is 1.55. The number of carbonyl (C=O) groups excluding carboxylic acids is 2. The van der Waals surface area contributed by atoms with E-state index in [0.717, 1.165) is 21.5 Å². The molecule has 0 atom stereocenters. The molecule has 0 aliphatic rings. The van der Waals surface area contributed by atoms with E-state index in [2.05, 4.69) is 4.98 Å². The maximum Gasteiger partial charge on any atom is 0.176 e. The summed E-state index contributed by atoms with van der Waals surface area (Å²) in [6.07, 6.45) is 0.291. The molecule has 6 nitrogen and oxygen atoms in total. The summed E-state index contributed by atoms with van der Waals surface area (Å²) in [6, 6.07) is 20.0. The first-order chi connectivity index (χ1) is 14.8. The van der Waals surface area contributed by atoms with Crippen LogP contribution in [0.15, 0.2) is 66.7 Å². The summed E-state index contributed by atoms with van der Waals surface area (Å²) >= 11 is 0. The lowest BCUT2D eigenvalue weighted by atomic mass is 10.0. The van der Waals surface area contributed by atoms with Crippen LogP contribution in [0.3, 0.4) is 0 Å². The molecule has 0 amide bonds. The predicted molar refractivity (Wildman–Crippen MR) is 121 cm³/mol. The molecule has 0 bridgehead atoms. The first-order valence-electron chi connectivity index (χ1n) is 9.96. The van der Waals surface area contributed by atoms with Crippen LogP contribution in [0, 0.1) is 0 Å². The third-order valence-electron chi connectivity index (χ3n) is 5.32. The lowest BCUT2D eigenvalue weighted by molar-refractivity contribution is 0.0990. The number of Topliss-reactive ketones (excluding diaryl/α,β-unsaturated/α-hetero) is 2. The average molecular weight is 413 g/mol. The molecule has 0 aliphatic heterocycles. The highest BCUT2D eigenvalue weighted by Gasteiger charge is 2.14. The van der Waals surface area contributed by atoms with Gasteiger partial charge in [0.1, 0.15) is 5.52 Å². The minimum Gasteiger partial charge on any atom is -0.426 e. The van der Waals surface area contributed by atoms with Crippen molar-refractivity contribution in [3.63, 3.8) is 0 Å². The summed E-state index contributed by atoms with van der Waals surface area (Å²) in [4.78, 5) is 30.7. The smallest absolute Gasteiger partial charge is 0.176 e. The maximum absolute atomic E-state index is 12.6. The van der Waals surface area contributed by atoms with Gasteiger partial charge < -0.3 is 10.1 Å². The van der Waals surface area contributed by atoms with Crippen LogP contribution >= 0.6 is 0 Å². The number of nitrogens with zero attached hydrogens (tertiary/aromatic N) is 3. The molecule has 0 radical (unpaired) electrons. The molecule has 0 saturated heterocycles. The largest absolute Gasteiger partial charge is 0.426 e. The molecule has 1 N–H and O–H groups in total. The average Bonchev–Trinajstić information content (AvgIpc) is 3.10. The van der Waals surface area contributed by atoms with Crippen molar-refractivity contribution in [2.45, 2.75) is 13.3 Å². The van der Waals surface area contributed by atoms with Crippen molar-refractivity contribution < 1.29 is 14.8 Å². The van der Waals surface area contributed by atoms with E-state index < -0.39 is 0 Å². The summed E-state index contributed by atoms with van der Waals surface area (Å²) in [5.41, 5.74) is 4.91. The Labute approximate surface area is 180 Å². The number of hydrogen-bond acceptors (Lipinski definition) is 5. The molecule has 156 valence electrons. The van der Waals surface area contributed by atoms with Gasteiger partial charge in [-0.15, -0.1) is 0 Å². The summed E-state index contributed by atoms with van der Waals surface area (Å²) < 4.78 is 0.994. The van der Waals surface area contributed by atoms with Crippen LogP contribution in [-0.2, 0) is 6.42 Å². The van der Waals surface area contributed by atoms with Crippen LogP contribution in [0.25, 0.3) is 22.4 Å². The maximum atomic E-state index is 12.6. The van der Waals surface area contributed by atoms with Crippen LogP contribution in [0.2, 0.25) is 0 Å². The van der Waals surface area contributed by atoms with Gasteiger partial charge in [0.05, 0.1) is 5.52 Å². The molecule has 31 heavy (non-hydrogen) atoms. The lowest BCUT2D eigenvalue weighted by Gasteiger charge is -2.12. The van der Waals surface area contributed by atoms with Gasteiger partial charge in [-0.1, -0.05) is 24.3 Å². The number of hydrogen-bond donors (Lipinski definition) is 1. The van der Waals surface area contributed by atoms with Gasteiger partial charge in [-0.25, -0.2) is 4.98 Å². The Morgan fingerprint density at radius 1 is 0.935 bits per heavy atom. The minimum atomic E-state index is -0.0741. The molecule has 0 fully saturated rings. The van der Waals surface area contributed by atoms with Crippen molar-refractivity contribution >= 4 is 28.3 Å². The van der Waals surface area contributed by atoms with E-state index in [1.807, 2.05) is 67.5 Å². The second kappa shape index (κ2) is 8.07. The molecule has 3 aromatic carbocycles. The highest BCUT2D eigenvalue weighted by Crippen LogP contribution is 2.25. The van der Waals surface area contributed by atoms with Gasteiger partial charge in [0.15, 0.2) is 17.4 Å². The normalized spacial score (nSPS) is 10.9. The van der Waals surface area contributed by atoms with Crippen molar-refractivity contribution in [3.8, 4) is 11.4 Å². The number of anilines is 1. The first kappa shape index (κ1) is 20.3. The number of fused-ring (bicyclic) bond motifs is 1. The van der Waals surface area contributed by atoms with Gasteiger partial charge in [-0.2, -0.15) is 4.73 Å². The highest BCUT2D eigenvalue weighted by molar-refractivity contribution is 5.98. The van der Waals surface area contributed by atoms with Gasteiger partial charge in [0.25, 0.3) is 0 Å². The minimum absolute atomic E-state index is 0.0456. The molecule has 0 aliphatic carbocycles. The van der Waals surface area contributed by atoms with Crippen LogP contribution in [-0.4, -0.2) is 40.6 Å². The third-order valence-corrected chi connectivity index (χ3v) is 5.32. The topological polar surface area (TPSA) is 75.4 Å². The Bertz CT molecular complexity index is 1270. The fourth-order valence-corrected chi connectivity index (χ4v) is 3.47. The van der Waals surface area contributed by atoms with E-state index in [4.69, 9.17) is 0 Å². The second-order valence-electron chi connectivity index (χ2n) is 7.75. The van der Waals surface area contributed by atoms with Gasteiger partial charge >= 0.3 is 0 Å². The quantitative estimate of drug-likeness (QED) is 0.368. The van der Waals surface area contributed by atoms with Gasteiger partial charge in [0.2, 0.25) is 0 Å². The number of carbonyl (C=O) groups is 2. The molecule has 1 heterocycles. The van der Waals surface area contributed by atoms with E-state index in [0.29, 0.717) is 34.4 Å². The Morgan fingerprint density at radius 2 is 1.58 bits per heavy atom. The van der Waals surface area contributed by atoms with E-state index in [1.165, 1.54) is 6.92 Å². The molecular formula is C25H23N3O3.